The van der Waals surface area contributed by atoms with Crippen LogP contribution in [0, 0.1) is 15.5 Å². The Kier molecular flexibility index (Phi) is 4.45. The first-order chi connectivity index (χ1) is 9.39. The predicted molar refractivity (Wildman–Crippen MR) is 79.2 cm³/mol. The lowest BCUT2D eigenvalue weighted by Gasteiger charge is -2.38. The Hall–Kier alpha value is -1.40. The van der Waals surface area contributed by atoms with Gasteiger partial charge in [-0.25, -0.2) is 4.98 Å². The zero-order chi connectivity index (χ0) is 14.8. The van der Waals surface area contributed by atoms with E-state index >= 15 is 0 Å². The molecule has 6 nitrogen and oxygen atoms in total. The van der Waals surface area contributed by atoms with E-state index in [4.69, 9.17) is 11.6 Å². The molecule has 0 aliphatic carbocycles. The summed E-state index contributed by atoms with van der Waals surface area (Å²) in [7, 11) is 2.11. The first-order valence-corrected chi connectivity index (χ1v) is 7.00. The highest BCUT2D eigenvalue weighted by Crippen LogP contribution is 2.32. The van der Waals surface area contributed by atoms with Crippen molar-refractivity contribution in [1.29, 1.82) is 0 Å². The van der Waals surface area contributed by atoms with Gasteiger partial charge >= 0.3 is 5.69 Å². The molecule has 1 N–H and O–H groups in total. The molecule has 0 radical (unpaired) electrons. The van der Waals surface area contributed by atoms with Crippen LogP contribution in [0.3, 0.4) is 0 Å². The fourth-order valence-electron chi connectivity index (χ4n) is 2.34. The molecule has 1 aliphatic rings. The molecule has 1 aromatic heterocycles. The lowest BCUT2D eigenvalue weighted by Crippen LogP contribution is -2.40. The summed E-state index contributed by atoms with van der Waals surface area (Å²) in [4.78, 5) is 16.9. The summed E-state index contributed by atoms with van der Waals surface area (Å²) < 4.78 is 0. The molecule has 0 atom stereocenters. The second-order valence-electron chi connectivity index (χ2n) is 5.75. The zero-order valence-corrected chi connectivity index (χ0v) is 12.5. The zero-order valence-electron chi connectivity index (χ0n) is 11.7. The average molecular weight is 299 g/mol. The molecule has 110 valence electrons. The molecule has 0 amide bonds. The van der Waals surface area contributed by atoms with Gasteiger partial charge in [-0.3, -0.25) is 10.1 Å². The van der Waals surface area contributed by atoms with Gasteiger partial charge in [0.25, 0.3) is 0 Å². The third kappa shape index (κ3) is 3.58. The smallest absolute Gasteiger partial charge is 0.312 e. The molecule has 20 heavy (non-hydrogen) atoms. The Bertz CT molecular complexity index is 501. The first kappa shape index (κ1) is 15.0. The number of hydrogen-bond acceptors (Lipinski definition) is 5. The molecule has 0 aromatic carbocycles. The van der Waals surface area contributed by atoms with E-state index in [-0.39, 0.29) is 16.1 Å². The highest BCUT2D eigenvalue weighted by molar-refractivity contribution is 6.30. The number of hydrogen-bond donors (Lipinski definition) is 1. The van der Waals surface area contributed by atoms with Crippen LogP contribution in [0.1, 0.15) is 19.8 Å². The van der Waals surface area contributed by atoms with E-state index in [1.807, 2.05) is 0 Å². The van der Waals surface area contributed by atoms with Crippen LogP contribution in [0.4, 0.5) is 11.5 Å². The lowest BCUT2D eigenvalue weighted by atomic mass is 9.80. The summed E-state index contributed by atoms with van der Waals surface area (Å²) in [6.45, 7) is 4.98. The molecule has 1 aliphatic heterocycles. The van der Waals surface area contributed by atoms with E-state index in [2.05, 4.69) is 29.2 Å². The Morgan fingerprint density at radius 1 is 1.55 bits per heavy atom. The SMILES string of the molecule is CN1CCC(C)(CNc2ncc(Cl)cc2[N+](=O)[O-])CC1. The fraction of sp³-hybridized carbons (Fsp3) is 0.615. The fourth-order valence-corrected chi connectivity index (χ4v) is 2.49. The van der Waals surface area contributed by atoms with Crippen LogP contribution in [0.25, 0.3) is 0 Å². The van der Waals surface area contributed by atoms with Gasteiger partial charge in [-0.05, 0) is 38.4 Å². The van der Waals surface area contributed by atoms with Gasteiger partial charge < -0.3 is 10.2 Å². The van der Waals surface area contributed by atoms with Crippen molar-refractivity contribution in [1.82, 2.24) is 9.88 Å². The highest BCUT2D eigenvalue weighted by Gasteiger charge is 2.29. The van der Waals surface area contributed by atoms with E-state index in [0.29, 0.717) is 12.4 Å². The molecule has 7 heteroatoms. The second-order valence-corrected chi connectivity index (χ2v) is 6.18. The maximum Gasteiger partial charge on any atom is 0.312 e. The molecule has 0 bridgehead atoms. The van der Waals surface area contributed by atoms with E-state index in [1.54, 1.807) is 0 Å². The van der Waals surface area contributed by atoms with Crippen LogP contribution >= 0.6 is 11.6 Å². The number of pyridine rings is 1. The molecular weight excluding hydrogens is 280 g/mol. The van der Waals surface area contributed by atoms with Gasteiger partial charge in [0, 0.05) is 18.8 Å². The van der Waals surface area contributed by atoms with Crippen molar-refractivity contribution >= 4 is 23.1 Å². The standard InChI is InChI=1S/C13H19ClN4O2/c1-13(3-5-17(2)6-4-13)9-16-12-11(18(19)20)7-10(14)8-15-12/h7-8H,3-6,9H2,1-2H3,(H,15,16). The third-order valence-corrected chi connectivity index (χ3v) is 4.11. The van der Waals surface area contributed by atoms with E-state index in [9.17, 15) is 10.1 Å². The number of halogens is 1. The summed E-state index contributed by atoms with van der Waals surface area (Å²) in [6.07, 6.45) is 3.56. The minimum Gasteiger partial charge on any atom is -0.364 e. The van der Waals surface area contributed by atoms with Crippen LogP contribution in [0.5, 0.6) is 0 Å². The molecule has 0 unspecified atom stereocenters. The monoisotopic (exact) mass is 298 g/mol. The maximum absolute atomic E-state index is 11.0. The Labute approximate surface area is 123 Å². The third-order valence-electron chi connectivity index (χ3n) is 3.91. The number of piperidine rings is 1. The van der Waals surface area contributed by atoms with Crippen LogP contribution < -0.4 is 5.32 Å². The maximum atomic E-state index is 11.0. The topological polar surface area (TPSA) is 71.3 Å². The predicted octanol–water partition coefficient (Wildman–Crippen LogP) is 2.79. The first-order valence-electron chi connectivity index (χ1n) is 6.62. The van der Waals surface area contributed by atoms with Crippen LogP contribution in [0.2, 0.25) is 5.02 Å². The minimum absolute atomic E-state index is 0.0750. The molecule has 1 fully saturated rings. The van der Waals surface area contributed by atoms with Crippen molar-refractivity contribution in [3.63, 3.8) is 0 Å². The number of likely N-dealkylation sites (tertiary alicyclic amines) is 1. The van der Waals surface area contributed by atoms with Gasteiger partial charge in [-0.2, -0.15) is 0 Å². The summed E-state index contributed by atoms with van der Waals surface area (Å²) >= 11 is 5.75. The average Bonchev–Trinajstić information content (AvgIpc) is 2.41. The molecule has 2 heterocycles. The summed E-state index contributed by atoms with van der Waals surface area (Å²) in [5.41, 5.74) is 0.0656. The Balaban J connectivity index is 2.05. The van der Waals surface area contributed by atoms with E-state index in [1.165, 1.54) is 12.3 Å². The van der Waals surface area contributed by atoms with E-state index in [0.717, 1.165) is 25.9 Å². The normalized spacial score (nSPS) is 18.8. The van der Waals surface area contributed by atoms with Crippen molar-refractivity contribution < 1.29 is 4.92 Å². The van der Waals surface area contributed by atoms with Crippen molar-refractivity contribution in [3.8, 4) is 0 Å². The molecule has 0 spiro atoms. The van der Waals surface area contributed by atoms with Crippen LogP contribution in [0.15, 0.2) is 12.3 Å². The van der Waals surface area contributed by atoms with Gasteiger partial charge in [0.15, 0.2) is 0 Å². The lowest BCUT2D eigenvalue weighted by molar-refractivity contribution is -0.384. The second kappa shape index (κ2) is 5.93. The van der Waals surface area contributed by atoms with Crippen molar-refractivity contribution in [2.45, 2.75) is 19.8 Å². The summed E-state index contributed by atoms with van der Waals surface area (Å²) in [5.74, 6) is 0.291. The number of nitro groups is 1. The number of anilines is 1. The highest BCUT2D eigenvalue weighted by atomic mass is 35.5. The quantitative estimate of drug-likeness (QED) is 0.683. The molecular formula is C13H19ClN4O2. The molecule has 1 aromatic rings. The molecule has 0 saturated carbocycles. The number of nitrogens with one attached hydrogen (secondary N) is 1. The van der Waals surface area contributed by atoms with Gasteiger partial charge in [0.1, 0.15) is 0 Å². The van der Waals surface area contributed by atoms with E-state index < -0.39 is 4.92 Å². The van der Waals surface area contributed by atoms with Gasteiger partial charge in [0.2, 0.25) is 5.82 Å². The molecule has 2 rings (SSSR count). The van der Waals surface area contributed by atoms with Gasteiger partial charge in [-0.1, -0.05) is 18.5 Å². The van der Waals surface area contributed by atoms with Crippen molar-refractivity contribution in [2.24, 2.45) is 5.41 Å². The minimum atomic E-state index is -0.460. The largest absolute Gasteiger partial charge is 0.364 e. The van der Waals surface area contributed by atoms with Crippen LogP contribution in [-0.4, -0.2) is 41.5 Å². The Morgan fingerprint density at radius 3 is 2.80 bits per heavy atom. The number of nitrogens with zero attached hydrogens (tertiary/aromatic N) is 3. The van der Waals surface area contributed by atoms with Crippen molar-refractivity contribution in [3.05, 3.63) is 27.4 Å². The van der Waals surface area contributed by atoms with Crippen molar-refractivity contribution in [2.75, 3.05) is 32.0 Å². The summed E-state index contributed by atoms with van der Waals surface area (Å²) in [6, 6.07) is 1.33. The van der Waals surface area contributed by atoms with Crippen LogP contribution in [-0.2, 0) is 0 Å². The van der Waals surface area contributed by atoms with Gasteiger partial charge in [0.05, 0.1) is 9.95 Å². The molecule has 1 saturated heterocycles. The summed E-state index contributed by atoms with van der Waals surface area (Å²) in [5, 5.41) is 14.4. The Morgan fingerprint density at radius 2 is 2.20 bits per heavy atom. The number of rotatable bonds is 4. The van der Waals surface area contributed by atoms with Gasteiger partial charge in [-0.15, -0.1) is 0 Å². The number of aromatic nitrogens is 1.